The van der Waals surface area contributed by atoms with Gasteiger partial charge in [-0.1, -0.05) is 18.2 Å². The number of hydrogen-bond donors (Lipinski definition) is 2. The number of hydrogen-bond acceptors (Lipinski definition) is 3. The number of rotatable bonds is 4. The molecule has 1 aliphatic rings. The highest BCUT2D eigenvalue weighted by Gasteiger charge is 2.22. The highest BCUT2D eigenvalue weighted by molar-refractivity contribution is 5.93. The van der Waals surface area contributed by atoms with Gasteiger partial charge in [0.15, 0.2) is 0 Å². The summed E-state index contributed by atoms with van der Waals surface area (Å²) in [7, 11) is 0. The lowest BCUT2D eigenvalue weighted by Crippen LogP contribution is -2.43. The summed E-state index contributed by atoms with van der Waals surface area (Å²) in [5.74, 6) is -0.325. The third-order valence-electron chi connectivity index (χ3n) is 4.60. The zero-order valence-electron chi connectivity index (χ0n) is 14.1. The standard InChI is InChI=1S/C19H23N3O2/c1-13-7-10-16(19(24)21-13)18(23)20-11-12-22-14(2)8-9-15-5-3-4-6-17(15)22/h3-7,10,14H,8-9,11-12H2,1-2H3,(H,20,23)(H,21,24)/t14-/m0/s1. The third-order valence-corrected chi connectivity index (χ3v) is 4.60. The molecule has 2 heterocycles. The number of carbonyl (C=O) groups is 1. The minimum Gasteiger partial charge on any atom is -0.367 e. The molecular formula is C19H23N3O2. The van der Waals surface area contributed by atoms with E-state index < -0.39 is 0 Å². The van der Waals surface area contributed by atoms with Gasteiger partial charge in [0.1, 0.15) is 5.56 Å². The van der Waals surface area contributed by atoms with Gasteiger partial charge < -0.3 is 15.2 Å². The second-order valence-corrected chi connectivity index (χ2v) is 6.35. The van der Waals surface area contributed by atoms with Crippen LogP contribution in [0.5, 0.6) is 0 Å². The fraction of sp³-hybridized carbons (Fsp3) is 0.368. The lowest BCUT2D eigenvalue weighted by Gasteiger charge is -2.37. The van der Waals surface area contributed by atoms with Crippen LogP contribution in [0.1, 0.15) is 35.0 Å². The van der Waals surface area contributed by atoms with Crippen LogP contribution in [0, 0.1) is 6.92 Å². The number of nitrogens with zero attached hydrogens (tertiary/aromatic N) is 1. The summed E-state index contributed by atoms with van der Waals surface area (Å²) in [5.41, 5.74) is 3.17. The van der Waals surface area contributed by atoms with Crippen LogP contribution in [-0.2, 0) is 6.42 Å². The second kappa shape index (κ2) is 6.91. The van der Waals surface area contributed by atoms with Crippen molar-refractivity contribution in [1.29, 1.82) is 0 Å². The van der Waals surface area contributed by atoms with Gasteiger partial charge in [-0.2, -0.15) is 0 Å². The van der Waals surface area contributed by atoms with E-state index in [1.54, 1.807) is 19.1 Å². The number of fused-ring (bicyclic) bond motifs is 1. The average Bonchev–Trinajstić information content (AvgIpc) is 2.56. The van der Waals surface area contributed by atoms with Gasteiger partial charge in [0.05, 0.1) is 0 Å². The SMILES string of the molecule is Cc1ccc(C(=O)NCCN2c3ccccc3CC[C@@H]2C)c(=O)[nH]1. The molecule has 3 rings (SSSR count). The van der Waals surface area contributed by atoms with Gasteiger partial charge in [-0.05, 0) is 50.5 Å². The van der Waals surface area contributed by atoms with Gasteiger partial charge in [0.25, 0.3) is 11.5 Å². The van der Waals surface area contributed by atoms with Gasteiger partial charge in [0, 0.05) is 30.5 Å². The fourth-order valence-corrected chi connectivity index (χ4v) is 3.24. The number of carbonyl (C=O) groups excluding carboxylic acids is 1. The zero-order valence-corrected chi connectivity index (χ0v) is 14.1. The Bertz CT molecular complexity index is 797. The lowest BCUT2D eigenvalue weighted by atomic mass is 9.97. The molecule has 5 nitrogen and oxygen atoms in total. The van der Waals surface area contributed by atoms with Crippen LogP contribution in [0.15, 0.2) is 41.2 Å². The number of H-pyrrole nitrogens is 1. The van der Waals surface area contributed by atoms with E-state index in [4.69, 9.17) is 0 Å². The highest BCUT2D eigenvalue weighted by atomic mass is 16.2. The number of aryl methyl sites for hydroxylation is 2. The predicted molar refractivity (Wildman–Crippen MR) is 95.7 cm³/mol. The number of aromatic amines is 1. The molecule has 1 atom stereocenters. The molecule has 2 aromatic rings. The smallest absolute Gasteiger partial charge is 0.260 e. The van der Waals surface area contributed by atoms with Crippen molar-refractivity contribution in [2.75, 3.05) is 18.0 Å². The Kier molecular flexibility index (Phi) is 4.69. The van der Waals surface area contributed by atoms with Crippen LogP contribution < -0.4 is 15.8 Å². The van der Waals surface area contributed by atoms with Crippen molar-refractivity contribution in [3.05, 3.63) is 63.6 Å². The van der Waals surface area contributed by atoms with Crippen molar-refractivity contribution in [2.24, 2.45) is 0 Å². The summed E-state index contributed by atoms with van der Waals surface area (Å²) >= 11 is 0. The Morgan fingerprint density at radius 1 is 1.29 bits per heavy atom. The van der Waals surface area contributed by atoms with E-state index in [0.717, 1.165) is 25.1 Å². The van der Waals surface area contributed by atoms with Crippen molar-refractivity contribution in [3.8, 4) is 0 Å². The Labute approximate surface area is 141 Å². The molecule has 5 heteroatoms. The number of amides is 1. The summed E-state index contributed by atoms with van der Waals surface area (Å²) in [4.78, 5) is 29.0. The van der Waals surface area contributed by atoms with Gasteiger partial charge in [0.2, 0.25) is 0 Å². The topological polar surface area (TPSA) is 65.2 Å². The maximum atomic E-state index is 12.2. The molecule has 0 fully saturated rings. The first-order chi connectivity index (χ1) is 11.6. The van der Waals surface area contributed by atoms with Crippen LogP contribution in [-0.4, -0.2) is 30.0 Å². The van der Waals surface area contributed by atoms with E-state index in [1.807, 2.05) is 6.07 Å². The van der Waals surface area contributed by atoms with Crippen LogP contribution in [0.3, 0.4) is 0 Å². The van der Waals surface area contributed by atoms with E-state index >= 15 is 0 Å². The second-order valence-electron chi connectivity index (χ2n) is 6.35. The normalized spacial score (nSPS) is 16.6. The first-order valence-electron chi connectivity index (χ1n) is 8.39. The van der Waals surface area contributed by atoms with Gasteiger partial charge >= 0.3 is 0 Å². The molecule has 0 radical (unpaired) electrons. The van der Waals surface area contributed by atoms with Crippen LogP contribution >= 0.6 is 0 Å². The maximum absolute atomic E-state index is 12.2. The molecule has 126 valence electrons. The molecule has 2 N–H and O–H groups in total. The highest BCUT2D eigenvalue weighted by Crippen LogP contribution is 2.29. The monoisotopic (exact) mass is 325 g/mol. The number of benzene rings is 1. The van der Waals surface area contributed by atoms with Gasteiger partial charge in [-0.25, -0.2) is 0 Å². The molecule has 0 saturated carbocycles. The first kappa shape index (κ1) is 16.3. The van der Waals surface area contributed by atoms with Crippen molar-refractivity contribution < 1.29 is 4.79 Å². The number of aromatic nitrogens is 1. The summed E-state index contributed by atoms with van der Waals surface area (Å²) in [6.45, 7) is 5.24. The maximum Gasteiger partial charge on any atom is 0.260 e. The largest absolute Gasteiger partial charge is 0.367 e. The van der Waals surface area contributed by atoms with E-state index in [9.17, 15) is 9.59 Å². The van der Waals surface area contributed by atoms with E-state index in [2.05, 4.69) is 40.3 Å². The van der Waals surface area contributed by atoms with Crippen molar-refractivity contribution in [2.45, 2.75) is 32.7 Å². The Hall–Kier alpha value is -2.56. The summed E-state index contributed by atoms with van der Waals surface area (Å²) in [6.07, 6.45) is 2.21. The molecule has 0 aliphatic carbocycles. The van der Waals surface area contributed by atoms with Crippen LogP contribution in [0.4, 0.5) is 5.69 Å². The molecule has 1 aromatic carbocycles. The van der Waals surface area contributed by atoms with Crippen LogP contribution in [0.2, 0.25) is 0 Å². The van der Waals surface area contributed by atoms with E-state index in [0.29, 0.717) is 12.6 Å². The predicted octanol–water partition coefficient (Wildman–Crippen LogP) is 2.25. The molecule has 0 spiro atoms. The Morgan fingerprint density at radius 3 is 2.88 bits per heavy atom. The number of para-hydroxylation sites is 1. The quantitative estimate of drug-likeness (QED) is 0.906. The van der Waals surface area contributed by atoms with E-state index in [-0.39, 0.29) is 17.0 Å². The minimum absolute atomic E-state index is 0.160. The van der Waals surface area contributed by atoms with Gasteiger partial charge in [-0.15, -0.1) is 0 Å². The Morgan fingerprint density at radius 2 is 2.08 bits per heavy atom. The number of nitrogens with one attached hydrogen (secondary N) is 2. The van der Waals surface area contributed by atoms with Crippen molar-refractivity contribution in [3.63, 3.8) is 0 Å². The lowest BCUT2D eigenvalue weighted by molar-refractivity contribution is 0.0953. The molecule has 1 aliphatic heterocycles. The zero-order chi connectivity index (χ0) is 17.1. The van der Waals surface area contributed by atoms with E-state index in [1.165, 1.54) is 11.3 Å². The minimum atomic E-state index is -0.343. The fourth-order valence-electron chi connectivity index (χ4n) is 3.24. The molecular weight excluding hydrogens is 302 g/mol. The molecule has 0 bridgehead atoms. The first-order valence-corrected chi connectivity index (χ1v) is 8.39. The average molecular weight is 325 g/mol. The summed E-state index contributed by atoms with van der Waals surface area (Å²) in [6, 6.07) is 12.2. The molecule has 1 amide bonds. The molecule has 0 unspecified atom stereocenters. The molecule has 1 aromatic heterocycles. The summed E-state index contributed by atoms with van der Waals surface area (Å²) < 4.78 is 0. The van der Waals surface area contributed by atoms with Crippen molar-refractivity contribution >= 4 is 11.6 Å². The van der Waals surface area contributed by atoms with Gasteiger partial charge in [-0.3, -0.25) is 9.59 Å². The summed E-state index contributed by atoms with van der Waals surface area (Å²) in [5, 5.41) is 2.86. The number of pyridine rings is 1. The molecule has 24 heavy (non-hydrogen) atoms. The van der Waals surface area contributed by atoms with Crippen molar-refractivity contribution in [1.82, 2.24) is 10.3 Å². The van der Waals surface area contributed by atoms with Crippen LogP contribution in [0.25, 0.3) is 0 Å². The number of anilines is 1. The third kappa shape index (κ3) is 3.35. The molecule has 0 saturated heterocycles. The Balaban J connectivity index is 1.64.